The van der Waals surface area contributed by atoms with Crippen molar-refractivity contribution in [2.45, 2.75) is 33.0 Å². The van der Waals surface area contributed by atoms with Crippen LogP contribution in [-0.2, 0) is 22.7 Å². The van der Waals surface area contributed by atoms with Gasteiger partial charge in [-0.2, -0.15) is 0 Å². The molecule has 5 rings (SSSR count). The molecule has 1 amide bonds. The monoisotopic (exact) mass is 533 g/mol. The molecule has 0 saturated carbocycles. The number of rotatable bonds is 8. The number of carbonyl (C=O) groups excluding carboxylic acids is 2. The lowest BCUT2D eigenvalue weighted by Crippen LogP contribution is -2.29. The Kier molecular flexibility index (Phi) is 7.69. The van der Waals surface area contributed by atoms with Gasteiger partial charge in [0.05, 0.1) is 18.7 Å². The Morgan fingerprint density at radius 2 is 1.50 bits per heavy atom. The molecule has 4 aromatic rings. The number of methoxy groups -OCH3 is 1. The van der Waals surface area contributed by atoms with Gasteiger partial charge in [0.2, 0.25) is 0 Å². The molecule has 6 nitrogen and oxygen atoms in total. The molecule has 1 saturated heterocycles. The van der Waals surface area contributed by atoms with E-state index in [9.17, 15) is 14.7 Å². The Hall–Kier alpha value is -4.84. The molecule has 1 unspecified atom stereocenters. The predicted molar refractivity (Wildman–Crippen MR) is 154 cm³/mol. The second-order valence-corrected chi connectivity index (χ2v) is 9.92. The highest BCUT2D eigenvalue weighted by Crippen LogP contribution is 2.43. The molecular weight excluding hydrogens is 502 g/mol. The van der Waals surface area contributed by atoms with E-state index in [1.165, 1.54) is 4.90 Å². The highest BCUT2D eigenvalue weighted by molar-refractivity contribution is 6.46. The first-order valence-electron chi connectivity index (χ1n) is 13.1. The van der Waals surface area contributed by atoms with Crippen molar-refractivity contribution in [1.82, 2.24) is 4.90 Å². The van der Waals surface area contributed by atoms with Crippen molar-refractivity contribution < 1.29 is 24.2 Å². The van der Waals surface area contributed by atoms with Gasteiger partial charge in [0, 0.05) is 12.1 Å². The van der Waals surface area contributed by atoms with Crippen molar-refractivity contribution in [3.63, 3.8) is 0 Å². The van der Waals surface area contributed by atoms with Crippen molar-refractivity contribution in [3.05, 3.63) is 136 Å². The van der Waals surface area contributed by atoms with E-state index in [0.29, 0.717) is 29.2 Å². The number of hydrogen-bond acceptors (Lipinski definition) is 5. The fourth-order valence-corrected chi connectivity index (χ4v) is 5.01. The van der Waals surface area contributed by atoms with Crippen LogP contribution in [-0.4, -0.2) is 28.8 Å². The zero-order valence-electron chi connectivity index (χ0n) is 22.8. The maximum Gasteiger partial charge on any atom is 0.295 e. The molecule has 1 heterocycles. The predicted octanol–water partition coefficient (Wildman–Crippen LogP) is 6.51. The molecule has 4 aromatic carbocycles. The number of aliphatic hydroxyl groups excluding tert-OH is 1. The lowest BCUT2D eigenvalue weighted by molar-refractivity contribution is -0.140. The van der Waals surface area contributed by atoms with Crippen molar-refractivity contribution in [3.8, 4) is 11.5 Å². The van der Waals surface area contributed by atoms with Gasteiger partial charge in [-0.15, -0.1) is 0 Å². The SMILES string of the molecule is COc1cc(C2/C(=C(\O)c3cc(C)ccc3C)C(=O)C(=O)N2Cc2ccccc2)ccc1OCc1ccccc1. The summed E-state index contributed by atoms with van der Waals surface area (Å²) in [4.78, 5) is 28.5. The minimum atomic E-state index is -0.822. The van der Waals surface area contributed by atoms with Gasteiger partial charge in [-0.1, -0.05) is 84.4 Å². The summed E-state index contributed by atoms with van der Waals surface area (Å²) >= 11 is 0. The average molecular weight is 534 g/mol. The highest BCUT2D eigenvalue weighted by atomic mass is 16.5. The Morgan fingerprint density at radius 1 is 0.825 bits per heavy atom. The summed E-state index contributed by atoms with van der Waals surface area (Å²) in [6, 6.07) is 29.5. The van der Waals surface area contributed by atoms with Crippen LogP contribution in [0.25, 0.3) is 5.76 Å². The van der Waals surface area contributed by atoms with Crippen LogP contribution in [0.2, 0.25) is 0 Å². The van der Waals surface area contributed by atoms with E-state index in [1.807, 2.05) is 98.8 Å². The summed E-state index contributed by atoms with van der Waals surface area (Å²) in [5.41, 5.74) is 4.83. The summed E-state index contributed by atoms with van der Waals surface area (Å²) in [7, 11) is 1.55. The summed E-state index contributed by atoms with van der Waals surface area (Å²) in [6.45, 7) is 4.34. The molecule has 202 valence electrons. The van der Waals surface area contributed by atoms with Gasteiger partial charge < -0.3 is 19.5 Å². The molecule has 1 aliphatic heterocycles. The number of benzene rings is 4. The number of amides is 1. The van der Waals surface area contributed by atoms with Gasteiger partial charge in [0.25, 0.3) is 11.7 Å². The van der Waals surface area contributed by atoms with Crippen LogP contribution in [0.4, 0.5) is 0 Å². The van der Waals surface area contributed by atoms with Crippen LogP contribution in [0.5, 0.6) is 11.5 Å². The summed E-state index contributed by atoms with van der Waals surface area (Å²) < 4.78 is 11.7. The van der Waals surface area contributed by atoms with E-state index >= 15 is 0 Å². The molecule has 0 aromatic heterocycles. The van der Waals surface area contributed by atoms with Crippen LogP contribution in [0.15, 0.2) is 103 Å². The van der Waals surface area contributed by atoms with Gasteiger partial charge in [0.1, 0.15) is 12.4 Å². The third kappa shape index (κ3) is 5.34. The van der Waals surface area contributed by atoms with Crippen LogP contribution < -0.4 is 9.47 Å². The fraction of sp³-hybridized carbons (Fsp3) is 0.176. The normalized spacial score (nSPS) is 16.3. The topological polar surface area (TPSA) is 76.1 Å². The lowest BCUT2D eigenvalue weighted by atomic mass is 9.93. The highest BCUT2D eigenvalue weighted by Gasteiger charge is 2.46. The van der Waals surface area contributed by atoms with Gasteiger partial charge in [0.15, 0.2) is 11.5 Å². The zero-order chi connectivity index (χ0) is 28.2. The number of hydrogen-bond donors (Lipinski definition) is 1. The molecule has 0 aliphatic carbocycles. The van der Waals surface area contributed by atoms with Crippen LogP contribution in [0, 0.1) is 13.8 Å². The van der Waals surface area contributed by atoms with Gasteiger partial charge >= 0.3 is 0 Å². The van der Waals surface area contributed by atoms with Crippen molar-refractivity contribution in [1.29, 1.82) is 0 Å². The second-order valence-electron chi connectivity index (χ2n) is 9.92. The van der Waals surface area contributed by atoms with E-state index in [-0.39, 0.29) is 17.9 Å². The number of Topliss-reactive ketones (excluding diaryl/α,β-unsaturated/α-hetero) is 1. The fourth-order valence-electron chi connectivity index (χ4n) is 5.01. The summed E-state index contributed by atoms with van der Waals surface area (Å²) in [5, 5.41) is 11.5. The second kappa shape index (κ2) is 11.5. The van der Waals surface area contributed by atoms with Crippen molar-refractivity contribution in [2.75, 3.05) is 7.11 Å². The first-order valence-corrected chi connectivity index (χ1v) is 13.1. The molecule has 0 bridgehead atoms. The molecule has 40 heavy (non-hydrogen) atoms. The number of aryl methyl sites for hydroxylation is 2. The molecule has 1 fully saturated rings. The van der Waals surface area contributed by atoms with Gasteiger partial charge in [-0.05, 0) is 54.3 Å². The van der Waals surface area contributed by atoms with E-state index in [1.54, 1.807) is 19.2 Å². The minimum Gasteiger partial charge on any atom is -0.507 e. The summed E-state index contributed by atoms with van der Waals surface area (Å²) in [5.74, 6) is -0.578. The van der Waals surface area contributed by atoms with Crippen LogP contribution >= 0.6 is 0 Å². The smallest absolute Gasteiger partial charge is 0.295 e. The number of ketones is 1. The van der Waals surface area contributed by atoms with Crippen LogP contribution in [0.3, 0.4) is 0 Å². The zero-order valence-corrected chi connectivity index (χ0v) is 22.8. The van der Waals surface area contributed by atoms with E-state index in [2.05, 4.69) is 0 Å². The maximum absolute atomic E-state index is 13.5. The lowest BCUT2D eigenvalue weighted by Gasteiger charge is -2.26. The Morgan fingerprint density at radius 3 is 2.17 bits per heavy atom. The molecule has 0 radical (unpaired) electrons. The molecular formula is C34H31NO5. The largest absolute Gasteiger partial charge is 0.507 e. The Balaban J connectivity index is 1.60. The molecule has 1 atom stereocenters. The van der Waals surface area contributed by atoms with Crippen molar-refractivity contribution in [2.24, 2.45) is 0 Å². The third-order valence-corrected chi connectivity index (χ3v) is 7.12. The van der Waals surface area contributed by atoms with Crippen molar-refractivity contribution >= 4 is 17.4 Å². The van der Waals surface area contributed by atoms with E-state index in [0.717, 1.165) is 22.3 Å². The number of likely N-dealkylation sites (tertiary alicyclic amines) is 1. The first kappa shape index (κ1) is 26.8. The Labute approximate surface area is 234 Å². The molecule has 1 N–H and O–H groups in total. The van der Waals surface area contributed by atoms with Crippen LogP contribution in [0.1, 0.15) is 39.4 Å². The van der Waals surface area contributed by atoms with E-state index < -0.39 is 17.7 Å². The standard InChI is InChI=1S/C34H31NO5/c1-22-14-15-23(2)27(18-22)32(36)30-31(35(34(38)33(30)37)20-24-10-6-4-7-11-24)26-16-17-28(29(19-26)39-3)40-21-25-12-8-5-9-13-25/h4-19,31,36H,20-21H2,1-3H3/b32-30+. The maximum atomic E-state index is 13.5. The third-order valence-electron chi connectivity index (χ3n) is 7.12. The first-order chi connectivity index (χ1) is 19.4. The molecule has 0 spiro atoms. The number of nitrogens with zero attached hydrogens (tertiary/aromatic N) is 1. The quantitative estimate of drug-likeness (QED) is 0.159. The molecule has 1 aliphatic rings. The number of ether oxygens (including phenoxy) is 2. The minimum absolute atomic E-state index is 0.0506. The molecule has 6 heteroatoms. The summed E-state index contributed by atoms with van der Waals surface area (Å²) in [6.07, 6.45) is 0. The number of carbonyl (C=O) groups is 2. The van der Waals surface area contributed by atoms with Gasteiger partial charge in [-0.25, -0.2) is 0 Å². The Bertz CT molecular complexity index is 1580. The average Bonchev–Trinajstić information content (AvgIpc) is 3.23. The van der Waals surface area contributed by atoms with Gasteiger partial charge in [-0.3, -0.25) is 9.59 Å². The van der Waals surface area contributed by atoms with E-state index in [4.69, 9.17) is 9.47 Å². The number of aliphatic hydroxyl groups is 1.